The normalized spacial score (nSPS) is 27.2. The van der Waals surface area contributed by atoms with E-state index in [1.54, 1.807) is 6.07 Å². The maximum Gasteiger partial charge on any atom is 0.123 e. The van der Waals surface area contributed by atoms with Crippen LogP contribution in [-0.2, 0) is 0 Å². The van der Waals surface area contributed by atoms with E-state index in [1.807, 2.05) is 6.07 Å². The Morgan fingerprint density at radius 2 is 1.90 bits per heavy atom. The predicted octanol–water partition coefficient (Wildman–Crippen LogP) is 4.63. The highest BCUT2D eigenvalue weighted by molar-refractivity contribution is 5.23. The van der Waals surface area contributed by atoms with Crippen LogP contribution in [-0.4, -0.2) is 12.6 Å². The van der Waals surface area contributed by atoms with E-state index in [1.165, 1.54) is 69.5 Å². The second-order valence-electron chi connectivity index (χ2n) is 6.67. The van der Waals surface area contributed by atoms with Crippen LogP contribution < -0.4 is 5.32 Å². The van der Waals surface area contributed by atoms with Crippen LogP contribution in [0.1, 0.15) is 62.8 Å². The zero-order valence-corrected chi connectivity index (χ0v) is 12.3. The summed E-state index contributed by atoms with van der Waals surface area (Å²) in [7, 11) is 0. The van der Waals surface area contributed by atoms with E-state index < -0.39 is 0 Å². The van der Waals surface area contributed by atoms with E-state index in [9.17, 15) is 4.39 Å². The first kappa shape index (κ1) is 14.1. The van der Waals surface area contributed by atoms with Crippen molar-refractivity contribution in [3.63, 3.8) is 0 Å². The van der Waals surface area contributed by atoms with Crippen molar-refractivity contribution >= 4 is 0 Å². The van der Waals surface area contributed by atoms with E-state index in [2.05, 4.69) is 11.4 Å². The molecule has 0 aromatic heterocycles. The Labute approximate surface area is 122 Å². The van der Waals surface area contributed by atoms with Crippen LogP contribution in [0.25, 0.3) is 0 Å². The Morgan fingerprint density at radius 3 is 2.65 bits per heavy atom. The molecule has 2 aliphatic rings. The summed E-state index contributed by atoms with van der Waals surface area (Å²) in [6.07, 6.45) is 10.9. The van der Waals surface area contributed by atoms with Crippen LogP contribution in [0.4, 0.5) is 4.39 Å². The molecule has 0 bridgehead atoms. The van der Waals surface area contributed by atoms with Gasteiger partial charge < -0.3 is 5.32 Å². The molecule has 2 heteroatoms. The fourth-order valence-electron chi connectivity index (χ4n) is 3.78. The molecule has 1 aromatic rings. The van der Waals surface area contributed by atoms with Crippen LogP contribution in [0.2, 0.25) is 0 Å². The van der Waals surface area contributed by atoms with Crippen molar-refractivity contribution in [3.8, 4) is 0 Å². The van der Waals surface area contributed by atoms with Gasteiger partial charge in [0.05, 0.1) is 0 Å². The summed E-state index contributed by atoms with van der Waals surface area (Å²) in [4.78, 5) is 0. The van der Waals surface area contributed by atoms with E-state index >= 15 is 0 Å². The smallest absolute Gasteiger partial charge is 0.123 e. The highest BCUT2D eigenvalue weighted by Gasteiger charge is 2.30. The van der Waals surface area contributed by atoms with Crippen molar-refractivity contribution in [3.05, 3.63) is 35.6 Å². The van der Waals surface area contributed by atoms with Gasteiger partial charge in [-0.3, -0.25) is 0 Å². The lowest BCUT2D eigenvalue weighted by Gasteiger charge is -2.37. The van der Waals surface area contributed by atoms with Crippen LogP contribution in [0.5, 0.6) is 0 Å². The average Bonchev–Trinajstić information content (AvgIpc) is 2.42. The molecule has 1 N–H and O–H groups in total. The molecule has 3 rings (SSSR count). The second-order valence-corrected chi connectivity index (χ2v) is 6.67. The van der Waals surface area contributed by atoms with Gasteiger partial charge in [0.2, 0.25) is 0 Å². The zero-order chi connectivity index (χ0) is 13.8. The van der Waals surface area contributed by atoms with Gasteiger partial charge in [-0.25, -0.2) is 4.39 Å². The number of halogens is 1. The zero-order valence-electron chi connectivity index (χ0n) is 12.3. The van der Waals surface area contributed by atoms with Crippen molar-refractivity contribution in [2.75, 3.05) is 6.54 Å². The molecule has 1 aromatic carbocycles. The summed E-state index contributed by atoms with van der Waals surface area (Å²) >= 11 is 0. The predicted molar refractivity (Wildman–Crippen MR) is 81.4 cm³/mol. The second kappa shape index (κ2) is 6.71. The largest absolute Gasteiger partial charge is 0.314 e. The van der Waals surface area contributed by atoms with E-state index in [0.29, 0.717) is 12.0 Å². The quantitative estimate of drug-likeness (QED) is 0.826. The Hall–Kier alpha value is -0.890. The fraction of sp³-hybridized carbons (Fsp3) is 0.667. The highest BCUT2D eigenvalue weighted by Crippen LogP contribution is 2.37. The average molecular weight is 275 g/mol. The lowest BCUT2D eigenvalue weighted by Crippen LogP contribution is -2.41. The van der Waals surface area contributed by atoms with Gasteiger partial charge in [-0.1, -0.05) is 44.2 Å². The monoisotopic (exact) mass is 275 g/mol. The first-order chi connectivity index (χ1) is 9.81. The summed E-state index contributed by atoms with van der Waals surface area (Å²) in [5.74, 6) is 1.43. The molecular weight excluding hydrogens is 249 g/mol. The maximum atomic E-state index is 13.2. The van der Waals surface area contributed by atoms with Crippen LogP contribution >= 0.6 is 0 Å². The third-order valence-corrected chi connectivity index (χ3v) is 5.17. The number of hydrogen-bond donors (Lipinski definition) is 1. The van der Waals surface area contributed by atoms with Gasteiger partial charge >= 0.3 is 0 Å². The summed E-state index contributed by atoms with van der Waals surface area (Å²) in [5, 5.41) is 3.69. The molecule has 2 fully saturated rings. The lowest BCUT2D eigenvalue weighted by molar-refractivity contribution is 0.270. The summed E-state index contributed by atoms with van der Waals surface area (Å²) in [5.41, 5.74) is 1.18. The van der Waals surface area contributed by atoms with Gasteiger partial charge in [-0.2, -0.15) is 0 Å². The molecule has 110 valence electrons. The minimum Gasteiger partial charge on any atom is -0.314 e. The van der Waals surface area contributed by atoms with E-state index in [4.69, 9.17) is 0 Å². The van der Waals surface area contributed by atoms with Gasteiger partial charge in [0.15, 0.2) is 0 Å². The number of nitrogens with one attached hydrogen (secondary N) is 1. The van der Waals surface area contributed by atoms with Crippen molar-refractivity contribution in [1.29, 1.82) is 0 Å². The molecule has 0 heterocycles. The first-order valence-electron chi connectivity index (χ1n) is 8.30. The molecule has 2 aliphatic carbocycles. The highest BCUT2D eigenvalue weighted by atomic mass is 19.1. The molecule has 0 unspecified atom stereocenters. The van der Waals surface area contributed by atoms with E-state index in [-0.39, 0.29) is 5.82 Å². The molecule has 1 nitrogen and oxygen atoms in total. The van der Waals surface area contributed by atoms with Crippen LogP contribution in [0.15, 0.2) is 24.3 Å². The number of benzene rings is 1. The van der Waals surface area contributed by atoms with Crippen molar-refractivity contribution in [1.82, 2.24) is 5.32 Å². The standard InChI is InChI=1S/C18H26FN/c19-17-8-4-7-15(11-17)16-12-18(13-16)20-10-9-14-5-2-1-3-6-14/h4,7-8,11,14,16,18,20H,1-3,5-6,9-10,12-13H2. The molecular formula is C18H26FN. The molecule has 20 heavy (non-hydrogen) atoms. The molecule has 0 saturated heterocycles. The van der Waals surface area contributed by atoms with Gasteiger partial charge in [0, 0.05) is 6.04 Å². The fourth-order valence-corrected chi connectivity index (χ4v) is 3.78. The molecule has 0 amide bonds. The van der Waals surface area contributed by atoms with Crippen LogP contribution in [0, 0.1) is 11.7 Å². The maximum absolute atomic E-state index is 13.2. The SMILES string of the molecule is Fc1cccc(C2CC(NCCC3CCCCC3)C2)c1. The molecule has 0 spiro atoms. The van der Waals surface area contributed by atoms with Crippen molar-refractivity contribution in [2.24, 2.45) is 5.92 Å². The minimum absolute atomic E-state index is 0.101. The summed E-state index contributed by atoms with van der Waals surface area (Å²) < 4.78 is 13.2. The van der Waals surface area contributed by atoms with Crippen molar-refractivity contribution in [2.45, 2.75) is 63.3 Å². The number of rotatable bonds is 5. The molecule has 0 atom stereocenters. The van der Waals surface area contributed by atoms with Gasteiger partial charge in [0.1, 0.15) is 5.82 Å². The molecule has 0 radical (unpaired) electrons. The third kappa shape index (κ3) is 3.60. The summed E-state index contributed by atoms with van der Waals surface area (Å²) in [6.45, 7) is 1.17. The lowest BCUT2D eigenvalue weighted by atomic mass is 9.75. The Bertz CT molecular complexity index is 419. The van der Waals surface area contributed by atoms with Crippen molar-refractivity contribution < 1.29 is 4.39 Å². The van der Waals surface area contributed by atoms with Gasteiger partial charge in [-0.05, 0) is 55.3 Å². The summed E-state index contributed by atoms with van der Waals surface area (Å²) in [6, 6.07) is 7.78. The third-order valence-electron chi connectivity index (χ3n) is 5.17. The van der Waals surface area contributed by atoms with Crippen LogP contribution in [0.3, 0.4) is 0 Å². The van der Waals surface area contributed by atoms with E-state index in [0.717, 1.165) is 5.92 Å². The Morgan fingerprint density at radius 1 is 1.10 bits per heavy atom. The number of hydrogen-bond acceptors (Lipinski definition) is 1. The van der Waals surface area contributed by atoms with Gasteiger partial charge in [0.25, 0.3) is 0 Å². The first-order valence-corrected chi connectivity index (χ1v) is 8.30. The minimum atomic E-state index is -0.101. The topological polar surface area (TPSA) is 12.0 Å². The Kier molecular flexibility index (Phi) is 4.72. The van der Waals surface area contributed by atoms with Gasteiger partial charge in [-0.15, -0.1) is 0 Å². The molecule has 2 saturated carbocycles. The Balaban J connectivity index is 1.34. The molecule has 0 aliphatic heterocycles.